The minimum atomic E-state index is -0.987. The first-order valence-electron chi connectivity index (χ1n) is 6.28. The molecule has 5 heteroatoms. The lowest BCUT2D eigenvalue weighted by Gasteiger charge is -2.23. The van der Waals surface area contributed by atoms with Gasteiger partial charge in [-0.1, -0.05) is 13.8 Å². The molecule has 1 aliphatic rings. The average molecular weight is 249 g/mol. The van der Waals surface area contributed by atoms with Crippen molar-refractivity contribution in [1.29, 1.82) is 0 Å². The van der Waals surface area contributed by atoms with Crippen molar-refractivity contribution >= 4 is 11.9 Å². The lowest BCUT2D eigenvalue weighted by molar-refractivity contribution is 0.0696. The van der Waals surface area contributed by atoms with Gasteiger partial charge in [0.15, 0.2) is 0 Å². The topological polar surface area (TPSA) is 66.3 Å². The second kappa shape index (κ2) is 4.92. The van der Waals surface area contributed by atoms with Gasteiger partial charge in [0.25, 0.3) is 0 Å². The molecule has 0 aromatic carbocycles. The maximum atomic E-state index is 10.7. The van der Waals surface area contributed by atoms with Crippen molar-refractivity contribution in [3.63, 3.8) is 0 Å². The summed E-state index contributed by atoms with van der Waals surface area (Å²) in [4.78, 5) is 21.2. The third kappa shape index (κ3) is 2.97. The van der Waals surface area contributed by atoms with E-state index in [0.717, 1.165) is 25.9 Å². The normalized spacial score (nSPS) is 19.3. The van der Waals surface area contributed by atoms with E-state index in [1.165, 1.54) is 18.8 Å². The Morgan fingerprint density at radius 2 is 1.94 bits per heavy atom. The van der Waals surface area contributed by atoms with E-state index in [9.17, 15) is 4.79 Å². The molecule has 5 nitrogen and oxygen atoms in total. The van der Waals surface area contributed by atoms with Gasteiger partial charge in [0, 0.05) is 25.5 Å². The monoisotopic (exact) mass is 249 g/mol. The first-order valence-corrected chi connectivity index (χ1v) is 6.28. The number of aromatic nitrogens is 2. The van der Waals surface area contributed by atoms with Crippen LogP contribution in [0, 0.1) is 5.41 Å². The Labute approximate surface area is 107 Å². The van der Waals surface area contributed by atoms with E-state index in [0.29, 0.717) is 11.4 Å². The van der Waals surface area contributed by atoms with Gasteiger partial charge < -0.3 is 10.0 Å². The molecular weight excluding hydrogens is 230 g/mol. The molecular formula is C13H19N3O2. The van der Waals surface area contributed by atoms with Crippen LogP contribution in [0.3, 0.4) is 0 Å². The zero-order chi connectivity index (χ0) is 13.2. The third-order valence-corrected chi connectivity index (χ3v) is 3.51. The summed E-state index contributed by atoms with van der Waals surface area (Å²) in [6.45, 7) is 6.44. The lowest BCUT2D eigenvalue weighted by atomic mass is 9.85. The van der Waals surface area contributed by atoms with E-state index in [2.05, 4.69) is 28.7 Å². The predicted molar refractivity (Wildman–Crippen MR) is 68.8 cm³/mol. The van der Waals surface area contributed by atoms with E-state index >= 15 is 0 Å². The molecule has 1 N–H and O–H groups in total. The smallest absolute Gasteiger partial charge is 0.338 e. The van der Waals surface area contributed by atoms with Gasteiger partial charge in [-0.05, 0) is 24.7 Å². The Morgan fingerprint density at radius 3 is 2.56 bits per heavy atom. The van der Waals surface area contributed by atoms with Crippen LogP contribution in [0.15, 0.2) is 12.4 Å². The quantitative estimate of drug-likeness (QED) is 0.870. The predicted octanol–water partition coefficient (Wildman–Crippen LogP) is 2.19. The molecule has 0 saturated carbocycles. The van der Waals surface area contributed by atoms with Crippen molar-refractivity contribution in [2.75, 3.05) is 18.0 Å². The van der Waals surface area contributed by atoms with Crippen molar-refractivity contribution in [2.45, 2.75) is 33.1 Å². The summed E-state index contributed by atoms with van der Waals surface area (Å²) in [5, 5.41) is 8.81. The molecule has 98 valence electrons. The van der Waals surface area contributed by atoms with Crippen LogP contribution in [0.2, 0.25) is 0 Å². The third-order valence-electron chi connectivity index (χ3n) is 3.51. The maximum absolute atomic E-state index is 10.7. The molecule has 2 rings (SSSR count). The van der Waals surface area contributed by atoms with Crippen LogP contribution in [0.25, 0.3) is 0 Å². The number of aromatic carboxylic acids is 1. The molecule has 0 aliphatic carbocycles. The molecule has 2 heterocycles. The molecule has 0 unspecified atom stereocenters. The van der Waals surface area contributed by atoms with Crippen molar-refractivity contribution in [2.24, 2.45) is 5.41 Å². The van der Waals surface area contributed by atoms with Crippen LogP contribution in [0.4, 0.5) is 5.95 Å². The van der Waals surface area contributed by atoms with Crippen LogP contribution in [0.1, 0.15) is 43.5 Å². The molecule has 0 amide bonds. The zero-order valence-electron chi connectivity index (χ0n) is 10.9. The van der Waals surface area contributed by atoms with Gasteiger partial charge in [0.05, 0.1) is 5.56 Å². The average Bonchev–Trinajstić information content (AvgIpc) is 2.50. The first kappa shape index (κ1) is 12.8. The molecule has 0 atom stereocenters. The fourth-order valence-electron chi connectivity index (χ4n) is 2.22. The molecule has 1 aromatic heterocycles. The van der Waals surface area contributed by atoms with E-state index in [1.807, 2.05) is 0 Å². The number of carbonyl (C=O) groups is 1. The van der Waals surface area contributed by atoms with Crippen molar-refractivity contribution in [3.8, 4) is 0 Å². The van der Waals surface area contributed by atoms with Crippen molar-refractivity contribution in [3.05, 3.63) is 18.0 Å². The van der Waals surface area contributed by atoms with Crippen LogP contribution < -0.4 is 4.90 Å². The molecule has 1 aromatic rings. The minimum Gasteiger partial charge on any atom is -0.478 e. The fraction of sp³-hybridized carbons (Fsp3) is 0.615. The number of hydrogen-bond donors (Lipinski definition) is 1. The van der Waals surface area contributed by atoms with Gasteiger partial charge in [-0.2, -0.15) is 0 Å². The van der Waals surface area contributed by atoms with Gasteiger partial charge in [0.1, 0.15) is 0 Å². The Bertz CT molecular complexity index is 428. The molecule has 1 fully saturated rings. The summed E-state index contributed by atoms with van der Waals surface area (Å²) in [7, 11) is 0. The van der Waals surface area contributed by atoms with Crippen LogP contribution in [-0.4, -0.2) is 34.1 Å². The first-order chi connectivity index (χ1) is 8.48. The summed E-state index contributed by atoms with van der Waals surface area (Å²) in [6.07, 6.45) is 6.19. The lowest BCUT2D eigenvalue weighted by Crippen LogP contribution is -2.27. The second-order valence-corrected chi connectivity index (χ2v) is 5.58. The standard InChI is InChI=1S/C13H19N3O2/c1-13(2)4-3-6-16(7-5-13)12-14-8-10(9-15-12)11(17)18/h8-9H,3-7H2,1-2H3,(H,17,18). The van der Waals surface area contributed by atoms with Crippen molar-refractivity contribution < 1.29 is 9.90 Å². The van der Waals surface area contributed by atoms with Gasteiger partial charge in [-0.15, -0.1) is 0 Å². The zero-order valence-corrected chi connectivity index (χ0v) is 10.9. The SMILES string of the molecule is CC1(C)CCCN(c2ncc(C(=O)O)cn2)CC1. The van der Waals surface area contributed by atoms with Crippen LogP contribution in [0.5, 0.6) is 0 Å². The highest BCUT2D eigenvalue weighted by Gasteiger charge is 2.24. The number of hydrogen-bond acceptors (Lipinski definition) is 4. The summed E-state index contributed by atoms with van der Waals surface area (Å²) in [5.74, 6) is -0.351. The highest BCUT2D eigenvalue weighted by atomic mass is 16.4. The van der Waals surface area contributed by atoms with Gasteiger partial charge in [0.2, 0.25) is 5.95 Å². The number of rotatable bonds is 2. The molecule has 0 bridgehead atoms. The second-order valence-electron chi connectivity index (χ2n) is 5.58. The summed E-state index contributed by atoms with van der Waals surface area (Å²) in [6, 6.07) is 0. The van der Waals surface area contributed by atoms with Crippen molar-refractivity contribution in [1.82, 2.24) is 9.97 Å². The molecule has 18 heavy (non-hydrogen) atoms. The highest BCUT2D eigenvalue weighted by Crippen LogP contribution is 2.30. The number of nitrogens with zero attached hydrogens (tertiary/aromatic N) is 3. The highest BCUT2D eigenvalue weighted by molar-refractivity contribution is 5.86. The largest absolute Gasteiger partial charge is 0.478 e. The fourth-order valence-corrected chi connectivity index (χ4v) is 2.22. The minimum absolute atomic E-state index is 0.133. The van der Waals surface area contributed by atoms with Gasteiger partial charge in [-0.25, -0.2) is 14.8 Å². The van der Waals surface area contributed by atoms with E-state index in [4.69, 9.17) is 5.11 Å². The molecule has 0 radical (unpaired) electrons. The summed E-state index contributed by atoms with van der Waals surface area (Å²) < 4.78 is 0. The van der Waals surface area contributed by atoms with E-state index in [-0.39, 0.29) is 5.56 Å². The molecule has 0 spiro atoms. The van der Waals surface area contributed by atoms with Crippen LogP contribution in [-0.2, 0) is 0 Å². The molecule has 1 aliphatic heterocycles. The molecule has 1 saturated heterocycles. The van der Waals surface area contributed by atoms with Gasteiger partial charge in [-0.3, -0.25) is 0 Å². The van der Waals surface area contributed by atoms with Gasteiger partial charge >= 0.3 is 5.97 Å². The maximum Gasteiger partial charge on any atom is 0.338 e. The number of anilines is 1. The Kier molecular flexibility index (Phi) is 3.50. The van der Waals surface area contributed by atoms with Crippen LogP contribution >= 0.6 is 0 Å². The summed E-state index contributed by atoms with van der Waals surface area (Å²) in [5.41, 5.74) is 0.504. The van der Waals surface area contributed by atoms with E-state index in [1.54, 1.807) is 0 Å². The Hall–Kier alpha value is -1.65. The Balaban J connectivity index is 2.09. The number of carboxylic acids is 1. The van der Waals surface area contributed by atoms with E-state index < -0.39 is 5.97 Å². The summed E-state index contributed by atoms with van der Waals surface area (Å²) >= 11 is 0. The number of carboxylic acid groups (broad SMARTS) is 1. The Morgan fingerprint density at radius 1 is 1.28 bits per heavy atom.